The molecule has 0 amide bonds. The highest BCUT2D eigenvalue weighted by molar-refractivity contribution is 14.1. The van der Waals surface area contributed by atoms with Crippen molar-refractivity contribution >= 4 is 35.9 Å². The van der Waals surface area contributed by atoms with Gasteiger partial charge in [-0.1, -0.05) is 37.8 Å². The SMILES string of the molecule is C#CCCc1cccc([Si](C)(C)C)c1I. The number of benzene rings is 1. The lowest BCUT2D eigenvalue weighted by Crippen LogP contribution is -2.40. The summed E-state index contributed by atoms with van der Waals surface area (Å²) in [4.78, 5) is 0. The van der Waals surface area contributed by atoms with Crippen LogP contribution in [0.25, 0.3) is 0 Å². The Kier molecular flexibility index (Phi) is 4.41. The van der Waals surface area contributed by atoms with Crippen LogP contribution in [0.4, 0.5) is 0 Å². The molecule has 0 aliphatic heterocycles. The number of terminal acetylenes is 1. The molecule has 0 radical (unpaired) electrons. The molecule has 0 aromatic heterocycles. The third-order valence-electron chi connectivity index (χ3n) is 2.43. The van der Waals surface area contributed by atoms with Crippen LogP contribution in [0.15, 0.2) is 18.2 Å². The topological polar surface area (TPSA) is 0 Å². The molecule has 0 N–H and O–H groups in total. The zero-order chi connectivity index (χ0) is 11.5. The first-order chi connectivity index (χ1) is 6.96. The fourth-order valence-electron chi connectivity index (χ4n) is 1.56. The largest absolute Gasteiger partial charge is 0.120 e. The van der Waals surface area contributed by atoms with Crippen molar-refractivity contribution in [3.8, 4) is 12.3 Å². The first-order valence-corrected chi connectivity index (χ1v) is 9.76. The van der Waals surface area contributed by atoms with E-state index >= 15 is 0 Å². The van der Waals surface area contributed by atoms with Crippen molar-refractivity contribution in [3.63, 3.8) is 0 Å². The summed E-state index contributed by atoms with van der Waals surface area (Å²) in [6.45, 7) is 7.15. The van der Waals surface area contributed by atoms with E-state index in [4.69, 9.17) is 6.42 Å². The maximum Gasteiger partial charge on any atom is 0.0789 e. The molecule has 80 valence electrons. The predicted octanol–water partition coefficient (Wildman–Crippen LogP) is 3.40. The van der Waals surface area contributed by atoms with Crippen LogP contribution < -0.4 is 5.19 Å². The van der Waals surface area contributed by atoms with E-state index in [0.29, 0.717) is 0 Å². The Hall–Kier alpha value is -0.273. The third kappa shape index (κ3) is 3.35. The van der Waals surface area contributed by atoms with Gasteiger partial charge in [0, 0.05) is 9.99 Å². The molecule has 0 saturated heterocycles. The summed E-state index contributed by atoms with van der Waals surface area (Å²) >= 11 is 2.47. The van der Waals surface area contributed by atoms with E-state index in [1.165, 1.54) is 9.13 Å². The summed E-state index contributed by atoms with van der Waals surface area (Å²) in [7, 11) is -1.21. The molecular formula is C13H17ISi. The summed E-state index contributed by atoms with van der Waals surface area (Å²) in [5, 5.41) is 1.55. The summed E-state index contributed by atoms with van der Waals surface area (Å²) < 4.78 is 1.43. The van der Waals surface area contributed by atoms with E-state index in [-0.39, 0.29) is 0 Å². The number of hydrogen-bond acceptors (Lipinski definition) is 0. The predicted molar refractivity (Wildman–Crippen MR) is 79.3 cm³/mol. The van der Waals surface area contributed by atoms with Crippen LogP contribution in [-0.4, -0.2) is 8.07 Å². The molecule has 1 rings (SSSR count). The standard InChI is InChI=1S/C13H17ISi/c1-5-6-8-11-9-7-10-12(13(11)14)15(2,3)4/h1,7,9-10H,6,8H2,2-4H3. The van der Waals surface area contributed by atoms with Crippen LogP contribution in [0, 0.1) is 15.9 Å². The summed E-state index contributed by atoms with van der Waals surface area (Å²) in [6.07, 6.45) is 7.15. The molecule has 0 spiro atoms. The lowest BCUT2D eigenvalue weighted by Gasteiger charge is -2.20. The van der Waals surface area contributed by atoms with Crippen molar-refractivity contribution < 1.29 is 0 Å². The van der Waals surface area contributed by atoms with Crippen molar-refractivity contribution in [2.45, 2.75) is 32.5 Å². The van der Waals surface area contributed by atoms with Gasteiger partial charge in [-0.3, -0.25) is 0 Å². The average Bonchev–Trinajstić information content (AvgIpc) is 2.14. The van der Waals surface area contributed by atoms with Gasteiger partial charge in [-0.15, -0.1) is 12.3 Å². The summed E-state index contributed by atoms with van der Waals surface area (Å²) in [5.74, 6) is 2.71. The van der Waals surface area contributed by atoms with Crippen molar-refractivity contribution in [1.82, 2.24) is 0 Å². The monoisotopic (exact) mass is 328 g/mol. The molecule has 0 unspecified atom stereocenters. The number of halogens is 1. The fraction of sp³-hybridized carbons (Fsp3) is 0.385. The molecule has 0 heterocycles. The van der Waals surface area contributed by atoms with Gasteiger partial charge < -0.3 is 0 Å². The van der Waals surface area contributed by atoms with Crippen molar-refractivity contribution in [2.24, 2.45) is 0 Å². The van der Waals surface area contributed by atoms with Gasteiger partial charge in [0.2, 0.25) is 0 Å². The van der Waals surface area contributed by atoms with E-state index < -0.39 is 8.07 Å². The lowest BCUT2D eigenvalue weighted by molar-refractivity contribution is 1.02. The van der Waals surface area contributed by atoms with Crippen LogP contribution in [0.3, 0.4) is 0 Å². The summed E-state index contributed by atoms with van der Waals surface area (Å²) in [5.41, 5.74) is 1.41. The van der Waals surface area contributed by atoms with E-state index in [0.717, 1.165) is 12.8 Å². The minimum Gasteiger partial charge on any atom is -0.120 e. The van der Waals surface area contributed by atoms with Crippen molar-refractivity contribution in [1.29, 1.82) is 0 Å². The quantitative estimate of drug-likeness (QED) is 0.453. The third-order valence-corrected chi connectivity index (χ3v) is 6.24. The molecule has 2 heteroatoms. The van der Waals surface area contributed by atoms with Gasteiger partial charge in [0.15, 0.2) is 0 Å². The van der Waals surface area contributed by atoms with Gasteiger partial charge in [-0.05, 0) is 39.8 Å². The van der Waals surface area contributed by atoms with Crippen LogP contribution in [0.2, 0.25) is 19.6 Å². The number of rotatable bonds is 3. The van der Waals surface area contributed by atoms with Crippen molar-refractivity contribution in [3.05, 3.63) is 27.3 Å². The van der Waals surface area contributed by atoms with E-state index in [9.17, 15) is 0 Å². The second-order valence-corrected chi connectivity index (χ2v) is 10.9. The Morgan fingerprint density at radius 3 is 2.53 bits per heavy atom. The number of aryl methyl sites for hydroxylation is 1. The Balaban J connectivity index is 3.07. The maximum atomic E-state index is 5.31. The molecule has 0 fully saturated rings. The number of hydrogen-bond donors (Lipinski definition) is 0. The lowest BCUT2D eigenvalue weighted by atomic mass is 10.1. The second kappa shape index (κ2) is 5.18. The minimum absolute atomic E-state index is 0.838. The zero-order valence-corrected chi connectivity index (χ0v) is 12.8. The molecule has 1 aromatic carbocycles. The van der Waals surface area contributed by atoms with E-state index in [1.54, 1.807) is 5.19 Å². The Morgan fingerprint density at radius 2 is 2.00 bits per heavy atom. The van der Waals surface area contributed by atoms with Crippen molar-refractivity contribution in [2.75, 3.05) is 0 Å². The Labute approximate surface area is 108 Å². The van der Waals surface area contributed by atoms with E-state index in [2.05, 4.69) is 66.4 Å². The summed E-state index contributed by atoms with van der Waals surface area (Å²) in [6, 6.07) is 6.64. The molecular weight excluding hydrogens is 311 g/mol. The van der Waals surface area contributed by atoms with Crippen LogP contribution >= 0.6 is 22.6 Å². The van der Waals surface area contributed by atoms with Gasteiger partial charge in [0.25, 0.3) is 0 Å². The highest BCUT2D eigenvalue weighted by atomic mass is 127. The highest BCUT2D eigenvalue weighted by Crippen LogP contribution is 2.16. The minimum atomic E-state index is -1.21. The Morgan fingerprint density at radius 1 is 1.33 bits per heavy atom. The highest BCUT2D eigenvalue weighted by Gasteiger charge is 2.20. The fourth-order valence-corrected chi connectivity index (χ4v) is 6.03. The van der Waals surface area contributed by atoms with Gasteiger partial charge >= 0.3 is 0 Å². The molecule has 0 aliphatic rings. The molecule has 0 saturated carbocycles. The smallest absolute Gasteiger partial charge is 0.0789 e. The Bertz CT molecular complexity index is 383. The van der Waals surface area contributed by atoms with Gasteiger partial charge in [0.05, 0.1) is 8.07 Å². The van der Waals surface area contributed by atoms with Crippen LogP contribution in [-0.2, 0) is 6.42 Å². The first kappa shape index (κ1) is 12.8. The van der Waals surface area contributed by atoms with Crippen LogP contribution in [0.5, 0.6) is 0 Å². The van der Waals surface area contributed by atoms with Gasteiger partial charge in [-0.2, -0.15) is 0 Å². The second-order valence-electron chi connectivity index (χ2n) is 4.73. The zero-order valence-electron chi connectivity index (χ0n) is 9.60. The molecule has 15 heavy (non-hydrogen) atoms. The van der Waals surface area contributed by atoms with Gasteiger partial charge in [0.1, 0.15) is 0 Å². The maximum absolute atomic E-state index is 5.31. The van der Waals surface area contributed by atoms with E-state index in [1.807, 2.05) is 0 Å². The normalized spacial score (nSPS) is 11.1. The molecule has 0 nitrogen and oxygen atoms in total. The van der Waals surface area contributed by atoms with Crippen LogP contribution in [0.1, 0.15) is 12.0 Å². The first-order valence-electron chi connectivity index (χ1n) is 5.18. The molecule has 0 aliphatic carbocycles. The molecule has 0 atom stereocenters. The molecule has 1 aromatic rings. The molecule has 0 bridgehead atoms. The van der Waals surface area contributed by atoms with Gasteiger partial charge in [-0.25, -0.2) is 0 Å². The average molecular weight is 328 g/mol.